The van der Waals surface area contributed by atoms with Crippen LogP contribution in [0.2, 0.25) is 0 Å². The molecule has 0 bridgehead atoms. The fourth-order valence-electron chi connectivity index (χ4n) is 5.39. The first-order valence-corrected chi connectivity index (χ1v) is 13.1. The minimum Gasteiger partial charge on any atom is -0.492 e. The van der Waals surface area contributed by atoms with Crippen LogP contribution in [0, 0.1) is 0 Å². The van der Waals surface area contributed by atoms with Gasteiger partial charge in [0.2, 0.25) is 0 Å². The number of nitrogens with zero attached hydrogens (tertiary/aromatic N) is 4. The summed E-state index contributed by atoms with van der Waals surface area (Å²) in [7, 11) is 0. The lowest BCUT2D eigenvalue weighted by atomic mass is 10.0. The van der Waals surface area contributed by atoms with Crippen LogP contribution >= 0.6 is 0 Å². The van der Waals surface area contributed by atoms with Crippen molar-refractivity contribution < 1.29 is 4.74 Å². The van der Waals surface area contributed by atoms with E-state index in [-0.39, 0.29) is 0 Å². The van der Waals surface area contributed by atoms with Gasteiger partial charge in [-0.15, -0.1) is 0 Å². The van der Waals surface area contributed by atoms with Crippen LogP contribution in [0.4, 0.5) is 0 Å². The summed E-state index contributed by atoms with van der Waals surface area (Å²) in [5.74, 6) is 0.882. The summed E-state index contributed by atoms with van der Waals surface area (Å²) in [6.45, 7) is 4.05. The Balaban J connectivity index is 1.20. The zero-order valence-corrected chi connectivity index (χ0v) is 21.0. The van der Waals surface area contributed by atoms with E-state index in [0.717, 1.165) is 62.2 Å². The summed E-state index contributed by atoms with van der Waals surface area (Å²) in [6.07, 6.45) is 8.16. The number of rotatable bonds is 7. The number of fused-ring (bicyclic) bond motifs is 2. The van der Waals surface area contributed by atoms with Gasteiger partial charge in [0.15, 0.2) is 5.65 Å². The molecule has 0 spiro atoms. The Morgan fingerprint density at radius 2 is 1.74 bits per heavy atom. The Morgan fingerprint density at radius 1 is 0.842 bits per heavy atom. The van der Waals surface area contributed by atoms with E-state index in [0.29, 0.717) is 12.3 Å². The second-order valence-electron chi connectivity index (χ2n) is 9.81. The van der Waals surface area contributed by atoms with Crippen LogP contribution in [-0.4, -0.2) is 56.3 Å². The Labute approximate surface area is 220 Å². The highest BCUT2D eigenvalue weighted by Gasteiger charge is 2.15. The molecule has 5 heterocycles. The lowest BCUT2D eigenvalue weighted by Gasteiger charge is -2.15. The molecule has 0 unspecified atom stereocenters. The third-order valence-electron chi connectivity index (χ3n) is 7.36. The first kappa shape index (κ1) is 22.7. The predicted octanol–water partition coefficient (Wildman–Crippen LogP) is 6.31. The van der Waals surface area contributed by atoms with Crippen molar-refractivity contribution in [2.24, 2.45) is 0 Å². The van der Waals surface area contributed by atoms with Gasteiger partial charge in [0.05, 0.1) is 11.4 Å². The van der Waals surface area contributed by atoms with Gasteiger partial charge in [0.25, 0.3) is 0 Å². The fraction of sp³-hybridized carbons (Fsp3) is 0.194. The molecule has 1 saturated heterocycles. The summed E-state index contributed by atoms with van der Waals surface area (Å²) in [5.41, 5.74) is 7.96. The van der Waals surface area contributed by atoms with Gasteiger partial charge in [-0.05, 0) is 73.5 Å². The van der Waals surface area contributed by atoms with E-state index in [2.05, 4.69) is 78.6 Å². The van der Waals surface area contributed by atoms with Crippen molar-refractivity contribution in [3.8, 4) is 39.4 Å². The van der Waals surface area contributed by atoms with Crippen LogP contribution in [0.25, 0.3) is 55.6 Å². The molecule has 0 aliphatic carbocycles. The number of likely N-dealkylation sites (tertiary alicyclic amines) is 1. The molecular formula is C31H28N6O. The van der Waals surface area contributed by atoms with Gasteiger partial charge in [-0.1, -0.05) is 30.3 Å². The summed E-state index contributed by atoms with van der Waals surface area (Å²) < 4.78 is 6.09. The second-order valence-corrected chi connectivity index (χ2v) is 9.81. The van der Waals surface area contributed by atoms with E-state index >= 15 is 0 Å². The van der Waals surface area contributed by atoms with E-state index in [1.165, 1.54) is 25.9 Å². The van der Waals surface area contributed by atoms with E-state index < -0.39 is 0 Å². The zero-order chi connectivity index (χ0) is 25.3. The molecule has 4 aromatic heterocycles. The lowest BCUT2D eigenvalue weighted by Crippen LogP contribution is -2.25. The largest absolute Gasteiger partial charge is 0.492 e. The molecule has 0 saturated carbocycles. The maximum absolute atomic E-state index is 6.09. The molecule has 1 aliphatic heterocycles. The quantitative estimate of drug-likeness (QED) is 0.268. The Morgan fingerprint density at radius 3 is 2.63 bits per heavy atom. The highest BCUT2D eigenvalue weighted by Crippen LogP contribution is 2.35. The smallest absolute Gasteiger partial charge is 0.181 e. The standard InChI is InChI=1S/C31H28N6O/c1-2-13-37(12-1)14-15-38-24-8-3-6-21(16-24)23-17-27-30(35-36-31(27)33-20-23)29-18-26-25(9-4-10-28(26)34-29)22-7-5-11-32-19-22/h3-11,16-20,34H,1-2,12-15H2,(H,33,35,36). The predicted molar refractivity (Wildman–Crippen MR) is 151 cm³/mol. The second kappa shape index (κ2) is 9.76. The topological polar surface area (TPSA) is 82.7 Å². The van der Waals surface area contributed by atoms with Gasteiger partial charge in [-0.3, -0.25) is 15.0 Å². The lowest BCUT2D eigenvalue weighted by molar-refractivity contribution is 0.238. The molecule has 1 aliphatic rings. The highest BCUT2D eigenvalue weighted by atomic mass is 16.5. The average Bonchev–Trinajstić information content (AvgIpc) is 3.73. The maximum atomic E-state index is 6.09. The molecule has 0 amide bonds. The first-order chi connectivity index (χ1) is 18.8. The number of hydrogen-bond acceptors (Lipinski definition) is 5. The molecule has 7 nitrogen and oxygen atoms in total. The highest BCUT2D eigenvalue weighted by molar-refractivity contribution is 6.01. The van der Waals surface area contributed by atoms with Crippen molar-refractivity contribution in [3.05, 3.63) is 85.3 Å². The number of aromatic nitrogens is 5. The zero-order valence-electron chi connectivity index (χ0n) is 21.0. The van der Waals surface area contributed by atoms with Crippen LogP contribution < -0.4 is 4.74 Å². The third-order valence-corrected chi connectivity index (χ3v) is 7.36. The third kappa shape index (κ3) is 4.31. The van der Waals surface area contributed by atoms with E-state index in [4.69, 9.17) is 4.74 Å². The molecule has 38 heavy (non-hydrogen) atoms. The van der Waals surface area contributed by atoms with Gasteiger partial charge < -0.3 is 9.72 Å². The number of H-pyrrole nitrogens is 2. The number of hydrogen-bond donors (Lipinski definition) is 2. The van der Waals surface area contributed by atoms with Gasteiger partial charge in [-0.2, -0.15) is 5.10 Å². The number of ether oxygens (including phenoxy) is 1. The van der Waals surface area contributed by atoms with Gasteiger partial charge in [0.1, 0.15) is 12.4 Å². The number of nitrogens with one attached hydrogen (secondary N) is 2. The van der Waals surface area contributed by atoms with Gasteiger partial charge >= 0.3 is 0 Å². The molecule has 0 atom stereocenters. The van der Waals surface area contributed by atoms with Crippen molar-refractivity contribution in [2.75, 3.05) is 26.2 Å². The molecular weight excluding hydrogens is 472 g/mol. The van der Waals surface area contributed by atoms with Crippen LogP contribution in [0.1, 0.15) is 12.8 Å². The summed E-state index contributed by atoms with van der Waals surface area (Å²) in [5, 5.41) is 9.80. The Hall–Kier alpha value is -4.49. The monoisotopic (exact) mass is 500 g/mol. The molecule has 7 rings (SSSR count). The molecule has 2 N–H and O–H groups in total. The maximum Gasteiger partial charge on any atom is 0.181 e. The molecule has 2 aromatic carbocycles. The summed E-state index contributed by atoms with van der Waals surface area (Å²) in [4.78, 5) is 15.0. The van der Waals surface area contributed by atoms with Crippen molar-refractivity contribution in [1.29, 1.82) is 0 Å². The van der Waals surface area contributed by atoms with Gasteiger partial charge in [0, 0.05) is 52.6 Å². The van der Waals surface area contributed by atoms with E-state index in [1.54, 1.807) is 6.20 Å². The van der Waals surface area contributed by atoms with Gasteiger partial charge in [-0.25, -0.2) is 4.98 Å². The Kier molecular flexibility index (Phi) is 5.83. The molecule has 6 aromatic rings. The van der Waals surface area contributed by atoms with Crippen molar-refractivity contribution >= 4 is 21.9 Å². The Bertz CT molecular complexity index is 1720. The van der Waals surface area contributed by atoms with Crippen LogP contribution in [0.5, 0.6) is 5.75 Å². The minimum atomic E-state index is 0.688. The van der Waals surface area contributed by atoms with Crippen LogP contribution in [-0.2, 0) is 0 Å². The van der Waals surface area contributed by atoms with Crippen molar-refractivity contribution in [3.63, 3.8) is 0 Å². The minimum absolute atomic E-state index is 0.688. The molecule has 0 radical (unpaired) electrons. The van der Waals surface area contributed by atoms with E-state index in [1.807, 2.05) is 30.6 Å². The SMILES string of the molecule is c1cc(OCCN2CCCC2)cc(-c2cnc3n[nH]c(-c4cc5c(-c6cccnc6)cccc5[nH]4)c3c2)c1. The summed E-state index contributed by atoms with van der Waals surface area (Å²) in [6, 6.07) is 22.9. The first-order valence-electron chi connectivity index (χ1n) is 13.1. The van der Waals surface area contributed by atoms with Crippen LogP contribution in [0.3, 0.4) is 0 Å². The van der Waals surface area contributed by atoms with Crippen molar-refractivity contribution in [1.82, 2.24) is 30.0 Å². The molecule has 1 fully saturated rings. The number of benzene rings is 2. The fourth-order valence-corrected chi connectivity index (χ4v) is 5.39. The number of aromatic amines is 2. The molecule has 188 valence electrons. The normalized spacial score (nSPS) is 14.0. The average molecular weight is 501 g/mol. The summed E-state index contributed by atoms with van der Waals surface area (Å²) >= 11 is 0. The molecule has 7 heteroatoms. The van der Waals surface area contributed by atoms with E-state index in [9.17, 15) is 0 Å². The van der Waals surface area contributed by atoms with Crippen LogP contribution in [0.15, 0.2) is 85.3 Å². The van der Waals surface area contributed by atoms with Crippen molar-refractivity contribution in [2.45, 2.75) is 12.8 Å². The number of pyridine rings is 2.